The van der Waals surface area contributed by atoms with E-state index < -0.39 is 0 Å². The summed E-state index contributed by atoms with van der Waals surface area (Å²) in [4.78, 5) is 17.1. The SMILES string of the molecule is O=C(NC1CCN(CCc2ccccc2)CC1)N1CCC(c2ccn[nH]2)CC1. The number of aromatic nitrogens is 2. The summed E-state index contributed by atoms with van der Waals surface area (Å²) in [6.45, 7) is 4.89. The van der Waals surface area contributed by atoms with E-state index in [4.69, 9.17) is 0 Å². The molecule has 2 saturated heterocycles. The van der Waals surface area contributed by atoms with Crippen molar-refractivity contribution in [3.8, 4) is 0 Å². The molecule has 3 heterocycles. The zero-order valence-electron chi connectivity index (χ0n) is 16.5. The Morgan fingerprint density at radius 1 is 1.04 bits per heavy atom. The van der Waals surface area contributed by atoms with Crippen molar-refractivity contribution in [2.75, 3.05) is 32.7 Å². The highest BCUT2D eigenvalue weighted by Crippen LogP contribution is 2.26. The lowest BCUT2D eigenvalue weighted by Gasteiger charge is -2.35. The van der Waals surface area contributed by atoms with Crippen molar-refractivity contribution in [2.24, 2.45) is 0 Å². The molecule has 4 rings (SSSR count). The van der Waals surface area contributed by atoms with Gasteiger partial charge in [0, 0.05) is 56.6 Å². The Morgan fingerprint density at radius 2 is 1.79 bits per heavy atom. The smallest absolute Gasteiger partial charge is 0.317 e. The van der Waals surface area contributed by atoms with Gasteiger partial charge in [-0.25, -0.2) is 4.79 Å². The van der Waals surface area contributed by atoms with Gasteiger partial charge in [-0.1, -0.05) is 30.3 Å². The predicted octanol–water partition coefficient (Wildman–Crippen LogP) is 3.01. The van der Waals surface area contributed by atoms with Crippen LogP contribution < -0.4 is 5.32 Å². The molecule has 0 bridgehead atoms. The van der Waals surface area contributed by atoms with E-state index in [1.54, 1.807) is 6.20 Å². The molecule has 6 nitrogen and oxygen atoms in total. The summed E-state index contributed by atoms with van der Waals surface area (Å²) in [6.07, 6.45) is 7.02. The van der Waals surface area contributed by atoms with Crippen molar-refractivity contribution < 1.29 is 4.79 Å². The average molecular weight is 382 g/mol. The summed E-state index contributed by atoms with van der Waals surface area (Å²) in [5.41, 5.74) is 2.60. The van der Waals surface area contributed by atoms with Crippen LogP contribution in [0.4, 0.5) is 4.79 Å². The maximum absolute atomic E-state index is 12.6. The number of nitrogens with zero attached hydrogens (tertiary/aromatic N) is 3. The molecule has 2 aromatic rings. The molecule has 2 N–H and O–H groups in total. The van der Waals surface area contributed by atoms with Crippen molar-refractivity contribution >= 4 is 6.03 Å². The number of nitrogens with one attached hydrogen (secondary N) is 2. The summed E-state index contributed by atoms with van der Waals surface area (Å²) in [6, 6.07) is 13.1. The number of benzene rings is 1. The minimum Gasteiger partial charge on any atom is -0.335 e. The number of piperidine rings is 2. The minimum absolute atomic E-state index is 0.116. The van der Waals surface area contributed by atoms with Crippen LogP contribution >= 0.6 is 0 Å². The lowest BCUT2D eigenvalue weighted by atomic mass is 9.94. The lowest BCUT2D eigenvalue weighted by Crippen LogP contribution is -2.51. The van der Waals surface area contributed by atoms with Gasteiger partial charge in [0.15, 0.2) is 0 Å². The minimum atomic E-state index is 0.116. The number of carbonyl (C=O) groups excluding carboxylic acids is 1. The van der Waals surface area contributed by atoms with Gasteiger partial charge in [-0.05, 0) is 43.7 Å². The molecule has 6 heteroatoms. The Bertz CT molecular complexity index is 717. The highest BCUT2D eigenvalue weighted by Gasteiger charge is 2.27. The van der Waals surface area contributed by atoms with Crippen molar-refractivity contribution in [1.29, 1.82) is 0 Å². The number of rotatable bonds is 5. The third-order valence-electron chi connectivity index (χ3n) is 6.22. The number of H-pyrrole nitrogens is 1. The fourth-order valence-electron chi connectivity index (χ4n) is 4.39. The lowest BCUT2D eigenvalue weighted by molar-refractivity contribution is 0.162. The standard InChI is InChI=1S/C22H31N5O/c28-22(27-16-8-19(9-17-27)21-6-12-23-25-21)24-20-10-14-26(15-11-20)13-7-18-4-2-1-3-5-18/h1-6,12,19-20H,7-11,13-17H2,(H,23,25)(H,24,28). The highest BCUT2D eigenvalue weighted by atomic mass is 16.2. The monoisotopic (exact) mass is 381 g/mol. The highest BCUT2D eigenvalue weighted by molar-refractivity contribution is 5.74. The summed E-state index contributed by atoms with van der Waals surface area (Å²) in [7, 11) is 0. The summed E-state index contributed by atoms with van der Waals surface area (Å²) >= 11 is 0. The van der Waals surface area contributed by atoms with Crippen LogP contribution in [0.25, 0.3) is 0 Å². The summed E-state index contributed by atoms with van der Waals surface area (Å²) in [5.74, 6) is 0.499. The second-order valence-corrected chi connectivity index (χ2v) is 8.07. The zero-order valence-corrected chi connectivity index (χ0v) is 16.5. The molecule has 0 unspecified atom stereocenters. The molecular weight excluding hydrogens is 350 g/mol. The van der Waals surface area contributed by atoms with Gasteiger partial charge in [0.25, 0.3) is 0 Å². The summed E-state index contributed by atoms with van der Waals surface area (Å²) in [5, 5.41) is 10.4. The molecule has 1 aromatic heterocycles. The fraction of sp³-hybridized carbons (Fsp3) is 0.545. The van der Waals surface area contributed by atoms with E-state index in [9.17, 15) is 4.79 Å². The van der Waals surface area contributed by atoms with E-state index in [1.165, 1.54) is 11.3 Å². The van der Waals surface area contributed by atoms with Crippen LogP contribution in [0.1, 0.15) is 42.9 Å². The van der Waals surface area contributed by atoms with E-state index in [0.29, 0.717) is 12.0 Å². The van der Waals surface area contributed by atoms with Crippen LogP contribution in [0.15, 0.2) is 42.6 Å². The second kappa shape index (κ2) is 9.24. The number of hydrogen-bond donors (Lipinski definition) is 2. The molecule has 0 spiro atoms. The third kappa shape index (κ3) is 4.93. The molecule has 2 fully saturated rings. The van der Waals surface area contributed by atoms with Crippen molar-refractivity contribution in [3.63, 3.8) is 0 Å². The van der Waals surface area contributed by atoms with E-state index in [2.05, 4.69) is 50.7 Å². The zero-order chi connectivity index (χ0) is 19.2. The van der Waals surface area contributed by atoms with Gasteiger partial charge >= 0.3 is 6.03 Å². The Kier molecular flexibility index (Phi) is 6.27. The first-order valence-electron chi connectivity index (χ1n) is 10.6. The topological polar surface area (TPSA) is 64.3 Å². The Labute approximate surface area is 167 Å². The number of urea groups is 1. The van der Waals surface area contributed by atoms with Crippen LogP contribution in [0.3, 0.4) is 0 Å². The largest absolute Gasteiger partial charge is 0.335 e. The number of aromatic amines is 1. The van der Waals surface area contributed by atoms with E-state index in [1.807, 2.05) is 11.0 Å². The van der Waals surface area contributed by atoms with Gasteiger partial charge in [-0.15, -0.1) is 0 Å². The Morgan fingerprint density at radius 3 is 2.46 bits per heavy atom. The molecule has 150 valence electrons. The molecule has 2 aliphatic heterocycles. The molecule has 0 radical (unpaired) electrons. The van der Waals surface area contributed by atoms with Crippen molar-refractivity contribution in [2.45, 2.75) is 44.1 Å². The van der Waals surface area contributed by atoms with Gasteiger partial charge in [0.2, 0.25) is 0 Å². The van der Waals surface area contributed by atoms with Crippen molar-refractivity contribution in [3.05, 3.63) is 53.9 Å². The molecular formula is C22H31N5O. The van der Waals surface area contributed by atoms with Crippen molar-refractivity contribution in [1.82, 2.24) is 25.3 Å². The number of hydrogen-bond acceptors (Lipinski definition) is 3. The second-order valence-electron chi connectivity index (χ2n) is 8.07. The first-order chi connectivity index (χ1) is 13.8. The molecule has 0 saturated carbocycles. The first-order valence-corrected chi connectivity index (χ1v) is 10.6. The summed E-state index contributed by atoms with van der Waals surface area (Å²) < 4.78 is 0. The van der Waals surface area contributed by atoms with E-state index >= 15 is 0 Å². The Hall–Kier alpha value is -2.34. The normalized spacial score (nSPS) is 19.6. The molecule has 2 aliphatic rings. The van der Waals surface area contributed by atoms with Crippen LogP contribution in [0, 0.1) is 0 Å². The maximum atomic E-state index is 12.6. The maximum Gasteiger partial charge on any atom is 0.317 e. The molecule has 0 atom stereocenters. The van der Waals surface area contributed by atoms with E-state index in [0.717, 1.165) is 64.8 Å². The van der Waals surface area contributed by atoms with Gasteiger partial charge in [-0.2, -0.15) is 5.10 Å². The number of amides is 2. The van der Waals surface area contributed by atoms with Crippen LogP contribution in [-0.2, 0) is 6.42 Å². The van der Waals surface area contributed by atoms with E-state index in [-0.39, 0.29) is 6.03 Å². The van der Waals surface area contributed by atoms with Gasteiger partial charge in [-0.3, -0.25) is 5.10 Å². The van der Waals surface area contributed by atoms with Gasteiger partial charge < -0.3 is 15.1 Å². The van der Waals surface area contributed by atoms with Crippen LogP contribution in [0.2, 0.25) is 0 Å². The first kappa shape index (κ1) is 19.0. The third-order valence-corrected chi connectivity index (χ3v) is 6.22. The molecule has 28 heavy (non-hydrogen) atoms. The van der Waals surface area contributed by atoms with Gasteiger partial charge in [0.05, 0.1) is 0 Å². The molecule has 2 amide bonds. The van der Waals surface area contributed by atoms with Crippen LogP contribution in [0.5, 0.6) is 0 Å². The predicted molar refractivity (Wildman–Crippen MR) is 110 cm³/mol. The number of carbonyl (C=O) groups is 1. The average Bonchev–Trinajstić information content (AvgIpc) is 3.29. The number of likely N-dealkylation sites (tertiary alicyclic amines) is 2. The van der Waals surface area contributed by atoms with Gasteiger partial charge in [0.1, 0.15) is 0 Å². The molecule has 0 aliphatic carbocycles. The van der Waals surface area contributed by atoms with Crippen LogP contribution in [-0.4, -0.2) is 64.8 Å². The fourth-order valence-corrected chi connectivity index (χ4v) is 4.39. The molecule has 1 aromatic carbocycles. The quantitative estimate of drug-likeness (QED) is 0.837. The Balaban J connectivity index is 1.15.